The van der Waals surface area contributed by atoms with Gasteiger partial charge in [0.2, 0.25) is 5.91 Å². The van der Waals surface area contributed by atoms with E-state index in [0.29, 0.717) is 28.9 Å². The number of fused-ring (bicyclic) bond motifs is 2. The molecule has 1 saturated heterocycles. The predicted molar refractivity (Wildman–Crippen MR) is 122 cm³/mol. The maximum absolute atomic E-state index is 14.0. The number of hydrogen-bond acceptors (Lipinski definition) is 5. The van der Waals surface area contributed by atoms with E-state index in [4.69, 9.17) is 16.3 Å². The molecule has 0 spiro atoms. The zero-order valence-corrected chi connectivity index (χ0v) is 19.1. The summed E-state index contributed by atoms with van der Waals surface area (Å²) in [4.78, 5) is 43.6. The van der Waals surface area contributed by atoms with Crippen LogP contribution < -0.4 is 5.32 Å². The SMILES string of the molecule is CC(=O)c1cn(CC(=O)N2[C@@H](OC(=O)NCc3cccc(Cl)c3F)C[C@H]3C[C@H]32)c2ncccc12. The van der Waals surface area contributed by atoms with Crippen LogP contribution >= 0.6 is 11.6 Å². The number of carbonyl (C=O) groups is 3. The van der Waals surface area contributed by atoms with Crippen LogP contribution in [0.2, 0.25) is 5.02 Å². The normalized spacial score (nSPS) is 20.8. The number of aromatic nitrogens is 2. The molecule has 0 radical (unpaired) electrons. The molecule has 2 fully saturated rings. The third-order valence-electron chi connectivity index (χ3n) is 6.36. The third kappa shape index (κ3) is 4.11. The van der Waals surface area contributed by atoms with Gasteiger partial charge >= 0.3 is 6.09 Å². The molecule has 34 heavy (non-hydrogen) atoms. The lowest BCUT2D eigenvalue weighted by Gasteiger charge is -2.27. The average Bonchev–Trinajstić information content (AvgIpc) is 3.31. The summed E-state index contributed by atoms with van der Waals surface area (Å²) in [5.74, 6) is -0.636. The van der Waals surface area contributed by atoms with Gasteiger partial charge in [0.05, 0.1) is 5.02 Å². The van der Waals surface area contributed by atoms with Crippen molar-refractivity contribution in [3.8, 4) is 0 Å². The molecule has 0 bridgehead atoms. The molecular weight excluding hydrogens is 463 g/mol. The molecule has 3 atom stereocenters. The molecule has 1 aliphatic heterocycles. The number of carbonyl (C=O) groups excluding carboxylic acids is 3. The van der Waals surface area contributed by atoms with Crippen molar-refractivity contribution in [3.05, 3.63) is 64.7 Å². The van der Waals surface area contributed by atoms with Crippen LogP contribution in [-0.4, -0.2) is 44.5 Å². The summed E-state index contributed by atoms with van der Waals surface area (Å²) >= 11 is 5.77. The number of nitrogens with one attached hydrogen (secondary N) is 1. The first-order valence-corrected chi connectivity index (χ1v) is 11.3. The Bertz CT molecular complexity index is 1310. The Labute approximate surface area is 199 Å². The average molecular weight is 485 g/mol. The number of halogens is 2. The van der Waals surface area contributed by atoms with Crippen molar-refractivity contribution in [3.63, 3.8) is 0 Å². The van der Waals surface area contributed by atoms with Crippen LogP contribution in [0, 0.1) is 11.7 Å². The summed E-state index contributed by atoms with van der Waals surface area (Å²) in [5, 5.41) is 3.18. The number of piperidine rings is 1. The number of pyridine rings is 1. The maximum Gasteiger partial charge on any atom is 0.409 e. The molecule has 10 heteroatoms. The number of Topliss-reactive ketones (excluding diaryl/α,β-unsaturated/α-hetero) is 1. The minimum absolute atomic E-state index is 0.0257. The van der Waals surface area contributed by atoms with Gasteiger partial charge in [0.15, 0.2) is 12.0 Å². The van der Waals surface area contributed by atoms with E-state index in [-0.39, 0.29) is 41.4 Å². The smallest absolute Gasteiger partial charge is 0.409 e. The molecule has 1 aromatic carbocycles. The van der Waals surface area contributed by atoms with Crippen LogP contribution in [0.1, 0.15) is 35.7 Å². The zero-order chi connectivity index (χ0) is 24.0. The summed E-state index contributed by atoms with van der Waals surface area (Å²) in [6.07, 6.45) is 3.22. The number of ketones is 1. The van der Waals surface area contributed by atoms with Crippen LogP contribution in [0.25, 0.3) is 11.0 Å². The fraction of sp³-hybridized carbons (Fsp3) is 0.333. The first-order valence-electron chi connectivity index (χ1n) is 11.0. The Kier molecular flexibility index (Phi) is 5.73. The van der Waals surface area contributed by atoms with E-state index in [0.717, 1.165) is 6.42 Å². The van der Waals surface area contributed by atoms with Crippen LogP contribution in [-0.2, 0) is 22.6 Å². The highest BCUT2D eigenvalue weighted by Gasteiger charge is 2.55. The topological polar surface area (TPSA) is 93.5 Å². The minimum Gasteiger partial charge on any atom is -0.425 e. The summed E-state index contributed by atoms with van der Waals surface area (Å²) < 4.78 is 21.2. The van der Waals surface area contributed by atoms with Gasteiger partial charge in [-0.15, -0.1) is 0 Å². The molecule has 8 nitrogen and oxygen atoms in total. The Morgan fingerprint density at radius 2 is 2.06 bits per heavy atom. The van der Waals surface area contributed by atoms with Crippen LogP contribution in [0.3, 0.4) is 0 Å². The Hall–Kier alpha value is -3.46. The molecule has 3 aromatic rings. The number of ether oxygens (including phenoxy) is 1. The van der Waals surface area contributed by atoms with Crippen molar-refractivity contribution in [2.24, 2.45) is 5.92 Å². The molecule has 1 saturated carbocycles. The molecule has 3 heterocycles. The van der Waals surface area contributed by atoms with E-state index >= 15 is 0 Å². The van der Waals surface area contributed by atoms with Crippen molar-refractivity contribution in [2.45, 2.75) is 45.1 Å². The molecule has 176 valence electrons. The van der Waals surface area contributed by atoms with Gasteiger partial charge in [0.25, 0.3) is 0 Å². The number of amides is 2. The number of alkyl carbamates (subject to hydrolysis) is 1. The monoisotopic (exact) mass is 484 g/mol. The van der Waals surface area contributed by atoms with E-state index in [1.807, 2.05) is 0 Å². The minimum atomic E-state index is -0.740. The van der Waals surface area contributed by atoms with E-state index in [2.05, 4.69) is 10.3 Å². The fourth-order valence-corrected chi connectivity index (χ4v) is 4.82. The largest absolute Gasteiger partial charge is 0.425 e. The van der Waals surface area contributed by atoms with Gasteiger partial charge in [-0.1, -0.05) is 23.7 Å². The van der Waals surface area contributed by atoms with E-state index in [9.17, 15) is 18.8 Å². The van der Waals surface area contributed by atoms with Gasteiger partial charge in [-0.05, 0) is 37.5 Å². The fourth-order valence-electron chi connectivity index (χ4n) is 4.63. The molecule has 2 amide bonds. The van der Waals surface area contributed by atoms with Gasteiger partial charge < -0.3 is 19.5 Å². The second-order valence-corrected chi connectivity index (χ2v) is 9.03. The molecule has 2 aliphatic rings. The maximum atomic E-state index is 14.0. The number of benzene rings is 1. The van der Waals surface area contributed by atoms with Crippen molar-refractivity contribution < 1.29 is 23.5 Å². The molecule has 1 aliphatic carbocycles. The number of nitrogens with zero attached hydrogens (tertiary/aromatic N) is 3. The van der Waals surface area contributed by atoms with Gasteiger partial charge in [-0.25, -0.2) is 14.2 Å². The second kappa shape index (κ2) is 8.72. The van der Waals surface area contributed by atoms with Crippen LogP contribution in [0.15, 0.2) is 42.7 Å². The molecule has 2 aromatic heterocycles. The summed E-state index contributed by atoms with van der Waals surface area (Å²) in [7, 11) is 0. The van der Waals surface area contributed by atoms with Gasteiger partial charge in [-0.2, -0.15) is 0 Å². The Morgan fingerprint density at radius 3 is 2.85 bits per heavy atom. The summed E-state index contributed by atoms with van der Waals surface area (Å²) in [5.41, 5.74) is 1.29. The molecule has 0 unspecified atom stereocenters. The second-order valence-electron chi connectivity index (χ2n) is 8.63. The number of likely N-dealkylation sites (tertiary alicyclic amines) is 1. The standard InChI is InChI=1S/C24H22ClFN4O4/c1-13(31)17-11-29(23-16(17)5-3-7-27-23)12-20(32)30-19-8-15(19)9-21(30)34-24(33)28-10-14-4-2-6-18(25)22(14)26/h2-7,11,15,19,21H,8-10,12H2,1H3,(H,28,33)/t15-,19-,21+/m1/s1. The van der Waals surface area contributed by atoms with Crippen LogP contribution in [0.4, 0.5) is 9.18 Å². The lowest BCUT2D eigenvalue weighted by Crippen LogP contribution is -2.44. The predicted octanol–water partition coefficient (Wildman–Crippen LogP) is 3.90. The van der Waals surface area contributed by atoms with Gasteiger partial charge in [0, 0.05) is 47.9 Å². The highest BCUT2D eigenvalue weighted by molar-refractivity contribution is 6.30. The van der Waals surface area contributed by atoms with Gasteiger partial charge in [-0.3, -0.25) is 9.59 Å². The molecular formula is C24H22ClFN4O4. The summed E-state index contributed by atoms with van der Waals surface area (Å²) in [6, 6.07) is 8.11. The molecule has 1 N–H and O–H groups in total. The van der Waals surface area contributed by atoms with E-state index in [1.54, 1.807) is 40.1 Å². The zero-order valence-electron chi connectivity index (χ0n) is 18.3. The Morgan fingerprint density at radius 1 is 1.24 bits per heavy atom. The Balaban J connectivity index is 1.27. The highest BCUT2D eigenvalue weighted by atomic mass is 35.5. The van der Waals surface area contributed by atoms with E-state index < -0.39 is 18.1 Å². The molecule has 5 rings (SSSR count). The summed E-state index contributed by atoms with van der Waals surface area (Å²) in [6.45, 7) is 1.35. The van der Waals surface area contributed by atoms with Crippen molar-refractivity contribution in [1.29, 1.82) is 0 Å². The van der Waals surface area contributed by atoms with Crippen molar-refractivity contribution in [1.82, 2.24) is 19.8 Å². The van der Waals surface area contributed by atoms with E-state index in [1.165, 1.54) is 19.1 Å². The number of hydrogen-bond donors (Lipinski definition) is 1. The van der Waals surface area contributed by atoms with Crippen molar-refractivity contribution in [2.75, 3.05) is 0 Å². The third-order valence-corrected chi connectivity index (χ3v) is 6.65. The van der Waals surface area contributed by atoms with Crippen LogP contribution in [0.5, 0.6) is 0 Å². The van der Waals surface area contributed by atoms with Crippen molar-refractivity contribution >= 4 is 40.4 Å². The highest BCUT2D eigenvalue weighted by Crippen LogP contribution is 2.48. The first kappa shape index (κ1) is 22.3. The lowest BCUT2D eigenvalue weighted by molar-refractivity contribution is -0.140. The quantitative estimate of drug-likeness (QED) is 0.535. The number of rotatable bonds is 6. The van der Waals surface area contributed by atoms with Gasteiger partial charge in [0.1, 0.15) is 18.0 Å². The first-order chi connectivity index (χ1) is 16.3. The lowest BCUT2D eigenvalue weighted by atomic mass is 10.2.